The molecule has 0 saturated heterocycles. The first kappa shape index (κ1) is 13.4. The van der Waals surface area contributed by atoms with E-state index in [0.717, 1.165) is 25.0 Å². The molecule has 106 valence electrons. The second kappa shape index (κ2) is 5.41. The van der Waals surface area contributed by atoms with E-state index in [1.165, 1.54) is 41.4 Å². The lowest BCUT2D eigenvalue weighted by Crippen LogP contribution is -2.22. The van der Waals surface area contributed by atoms with Crippen LogP contribution in [-0.2, 0) is 6.54 Å². The standard InChI is InChI=1S/C15H25N3S/c1-10(2)9-18(3)15-17-14(11-4-5-11)13(19-15)8-16-12-6-7-12/h10-12,16H,4-9H2,1-3H3. The van der Waals surface area contributed by atoms with Crippen molar-refractivity contribution in [1.29, 1.82) is 0 Å². The zero-order chi connectivity index (χ0) is 13.4. The molecule has 3 rings (SSSR count). The third-order valence-electron chi connectivity index (χ3n) is 3.77. The van der Waals surface area contributed by atoms with Gasteiger partial charge in [-0.3, -0.25) is 0 Å². The highest BCUT2D eigenvalue weighted by molar-refractivity contribution is 7.15. The van der Waals surface area contributed by atoms with Gasteiger partial charge in [0.15, 0.2) is 5.13 Å². The molecule has 1 heterocycles. The van der Waals surface area contributed by atoms with Crippen LogP contribution < -0.4 is 10.2 Å². The van der Waals surface area contributed by atoms with Crippen molar-refractivity contribution in [2.75, 3.05) is 18.5 Å². The summed E-state index contributed by atoms with van der Waals surface area (Å²) in [7, 11) is 2.17. The maximum Gasteiger partial charge on any atom is 0.185 e. The minimum absolute atomic E-state index is 0.686. The molecule has 0 amide bonds. The summed E-state index contributed by atoms with van der Waals surface area (Å²) in [6.07, 6.45) is 5.40. The summed E-state index contributed by atoms with van der Waals surface area (Å²) in [5.41, 5.74) is 1.39. The molecule has 1 N–H and O–H groups in total. The molecule has 2 aliphatic carbocycles. The van der Waals surface area contributed by atoms with Crippen LogP contribution in [0.5, 0.6) is 0 Å². The second-order valence-corrected chi connectivity index (χ2v) is 7.57. The molecule has 0 bridgehead atoms. The van der Waals surface area contributed by atoms with Crippen molar-refractivity contribution in [1.82, 2.24) is 10.3 Å². The molecule has 2 saturated carbocycles. The van der Waals surface area contributed by atoms with Crippen LogP contribution in [0.4, 0.5) is 5.13 Å². The molecule has 2 fully saturated rings. The molecule has 0 unspecified atom stereocenters. The van der Waals surface area contributed by atoms with Gasteiger partial charge < -0.3 is 10.2 Å². The molecule has 0 aromatic carbocycles. The SMILES string of the molecule is CC(C)CN(C)c1nc(C2CC2)c(CNC2CC2)s1. The molecule has 1 aromatic heterocycles. The van der Waals surface area contributed by atoms with Crippen LogP contribution in [0.25, 0.3) is 0 Å². The Hall–Kier alpha value is -0.610. The number of nitrogens with one attached hydrogen (secondary N) is 1. The summed E-state index contributed by atoms with van der Waals surface area (Å²) in [4.78, 5) is 8.74. The molecule has 3 nitrogen and oxygen atoms in total. The maximum absolute atomic E-state index is 4.93. The van der Waals surface area contributed by atoms with E-state index in [2.05, 4.69) is 31.1 Å². The lowest BCUT2D eigenvalue weighted by molar-refractivity contribution is 0.637. The van der Waals surface area contributed by atoms with Gasteiger partial charge in [-0.15, -0.1) is 11.3 Å². The van der Waals surface area contributed by atoms with Crippen molar-refractivity contribution in [3.63, 3.8) is 0 Å². The monoisotopic (exact) mass is 279 g/mol. The highest BCUT2D eigenvalue weighted by Crippen LogP contribution is 2.44. The second-order valence-electron chi connectivity index (χ2n) is 6.51. The number of hydrogen-bond acceptors (Lipinski definition) is 4. The Labute approximate surface area is 120 Å². The number of anilines is 1. The van der Waals surface area contributed by atoms with Crippen molar-refractivity contribution in [3.05, 3.63) is 10.6 Å². The highest BCUT2D eigenvalue weighted by atomic mass is 32.1. The van der Waals surface area contributed by atoms with Gasteiger partial charge in [-0.1, -0.05) is 13.8 Å². The Balaban J connectivity index is 1.71. The van der Waals surface area contributed by atoms with Crippen molar-refractivity contribution in [2.45, 2.75) is 58.0 Å². The van der Waals surface area contributed by atoms with Gasteiger partial charge in [-0.05, 0) is 31.6 Å². The van der Waals surface area contributed by atoms with Crippen LogP contribution in [0.1, 0.15) is 56.0 Å². The van der Waals surface area contributed by atoms with Gasteiger partial charge in [-0.25, -0.2) is 4.98 Å². The molecule has 0 aliphatic heterocycles. The smallest absolute Gasteiger partial charge is 0.185 e. The Morgan fingerprint density at radius 2 is 2.05 bits per heavy atom. The van der Waals surface area contributed by atoms with Crippen LogP contribution in [-0.4, -0.2) is 24.6 Å². The number of aromatic nitrogens is 1. The fourth-order valence-corrected chi connectivity index (χ4v) is 3.53. The molecule has 2 aliphatic rings. The zero-order valence-electron chi connectivity index (χ0n) is 12.3. The number of hydrogen-bond donors (Lipinski definition) is 1. The van der Waals surface area contributed by atoms with E-state index in [9.17, 15) is 0 Å². The molecule has 0 radical (unpaired) electrons. The van der Waals surface area contributed by atoms with Gasteiger partial charge in [-0.2, -0.15) is 0 Å². The Kier molecular flexibility index (Phi) is 3.81. The van der Waals surface area contributed by atoms with E-state index in [-0.39, 0.29) is 0 Å². The van der Waals surface area contributed by atoms with Crippen LogP contribution in [0.15, 0.2) is 0 Å². The molecule has 1 aromatic rings. The molecule has 19 heavy (non-hydrogen) atoms. The summed E-state index contributed by atoms with van der Waals surface area (Å²) in [5.74, 6) is 1.44. The van der Waals surface area contributed by atoms with Crippen LogP contribution in [0, 0.1) is 5.92 Å². The first-order valence-corrected chi connectivity index (χ1v) is 8.39. The maximum atomic E-state index is 4.93. The van der Waals surface area contributed by atoms with Crippen LogP contribution in [0.3, 0.4) is 0 Å². The average Bonchev–Trinajstić information content (AvgIpc) is 3.25. The average molecular weight is 279 g/mol. The fraction of sp³-hybridized carbons (Fsp3) is 0.800. The zero-order valence-corrected chi connectivity index (χ0v) is 13.1. The minimum atomic E-state index is 0.686. The Bertz CT molecular complexity index is 433. The predicted octanol–water partition coefficient (Wildman–Crippen LogP) is 3.36. The van der Waals surface area contributed by atoms with Crippen molar-refractivity contribution >= 4 is 16.5 Å². The summed E-state index contributed by atoms with van der Waals surface area (Å²) >= 11 is 1.90. The van der Waals surface area contributed by atoms with E-state index in [4.69, 9.17) is 4.98 Å². The third-order valence-corrected chi connectivity index (χ3v) is 4.96. The summed E-state index contributed by atoms with van der Waals surface area (Å²) in [5, 5.41) is 4.85. The highest BCUT2D eigenvalue weighted by Gasteiger charge is 2.31. The van der Waals surface area contributed by atoms with Gasteiger partial charge in [0, 0.05) is 37.0 Å². The van der Waals surface area contributed by atoms with Crippen molar-refractivity contribution in [2.24, 2.45) is 5.92 Å². The molecule has 0 spiro atoms. The van der Waals surface area contributed by atoms with Crippen LogP contribution >= 0.6 is 11.3 Å². The van der Waals surface area contributed by atoms with E-state index >= 15 is 0 Å². The Morgan fingerprint density at radius 3 is 2.63 bits per heavy atom. The molecule has 0 atom stereocenters. The van der Waals surface area contributed by atoms with Gasteiger partial charge in [0.25, 0.3) is 0 Å². The van der Waals surface area contributed by atoms with Crippen LogP contribution in [0.2, 0.25) is 0 Å². The van der Waals surface area contributed by atoms with Gasteiger partial charge >= 0.3 is 0 Å². The Morgan fingerprint density at radius 1 is 1.32 bits per heavy atom. The topological polar surface area (TPSA) is 28.2 Å². The lowest BCUT2D eigenvalue weighted by atomic mass is 10.2. The van der Waals surface area contributed by atoms with Gasteiger partial charge in [0.05, 0.1) is 5.69 Å². The number of thiazole rings is 1. The number of nitrogens with zero attached hydrogens (tertiary/aromatic N) is 2. The first-order valence-electron chi connectivity index (χ1n) is 7.57. The number of rotatable bonds is 7. The molecular weight excluding hydrogens is 254 g/mol. The fourth-order valence-electron chi connectivity index (χ4n) is 2.47. The molecule has 4 heteroatoms. The normalized spacial score (nSPS) is 19.2. The first-order chi connectivity index (χ1) is 9.13. The molecular formula is C15H25N3S. The van der Waals surface area contributed by atoms with E-state index in [1.54, 1.807) is 0 Å². The van der Waals surface area contributed by atoms with Gasteiger partial charge in [0.1, 0.15) is 0 Å². The summed E-state index contributed by atoms with van der Waals surface area (Å²) in [6, 6.07) is 0.783. The van der Waals surface area contributed by atoms with Gasteiger partial charge in [0.2, 0.25) is 0 Å². The van der Waals surface area contributed by atoms with Crippen molar-refractivity contribution in [3.8, 4) is 0 Å². The summed E-state index contributed by atoms with van der Waals surface area (Å²) in [6.45, 7) is 6.65. The quantitative estimate of drug-likeness (QED) is 0.829. The lowest BCUT2D eigenvalue weighted by Gasteiger charge is -2.17. The largest absolute Gasteiger partial charge is 0.351 e. The minimum Gasteiger partial charge on any atom is -0.351 e. The third kappa shape index (κ3) is 3.48. The van der Waals surface area contributed by atoms with E-state index in [0.29, 0.717) is 5.92 Å². The predicted molar refractivity (Wildman–Crippen MR) is 82.1 cm³/mol. The van der Waals surface area contributed by atoms with Crippen molar-refractivity contribution < 1.29 is 0 Å². The van der Waals surface area contributed by atoms with E-state index in [1.807, 2.05) is 11.3 Å². The summed E-state index contributed by atoms with van der Waals surface area (Å²) < 4.78 is 0. The van der Waals surface area contributed by atoms with E-state index < -0.39 is 0 Å².